The molecule has 1 N–H and O–H groups in total. The number of nitrogens with one attached hydrogen (secondary N) is 1. The van der Waals surface area contributed by atoms with Crippen molar-refractivity contribution in [3.63, 3.8) is 0 Å². The van der Waals surface area contributed by atoms with Crippen molar-refractivity contribution in [1.82, 2.24) is 9.62 Å². The normalized spacial score (nSPS) is 17.2. The molecule has 1 aromatic rings. The summed E-state index contributed by atoms with van der Waals surface area (Å²) in [5, 5.41) is 0. The summed E-state index contributed by atoms with van der Waals surface area (Å²) in [5.74, 6) is 0. The fourth-order valence-corrected chi connectivity index (χ4v) is 5.43. The molecule has 0 aliphatic carbocycles. The van der Waals surface area contributed by atoms with E-state index in [0.717, 1.165) is 50.0 Å². The minimum Gasteiger partial charge on any atom is -0.303 e. The van der Waals surface area contributed by atoms with Crippen LogP contribution in [0, 0.1) is 13.8 Å². The molecule has 0 saturated carbocycles. The van der Waals surface area contributed by atoms with E-state index in [0.29, 0.717) is 4.90 Å². The molecule has 6 heteroatoms. The highest BCUT2D eigenvalue weighted by atomic mass is 35.5. The Bertz CT molecular complexity index is 680. The van der Waals surface area contributed by atoms with Gasteiger partial charge in [-0.05, 0) is 74.8 Å². The molecule has 0 radical (unpaired) electrons. The van der Waals surface area contributed by atoms with Crippen molar-refractivity contribution in [1.29, 1.82) is 0 Å². The first-order valence-corrected chi connectivity index (χ1v) is 10.9. The van der Waals surface area contributed by atoms with E-state index in [1.165, 1.54) is 5.56 Å². The van der Waals surface area contributed by atoms with E-state index >= 15 is 0 Å². The number of halogens is 1. The molecule has 1 fully saturated rings. The van der Waals surface area contributed by atoms with Crippen LogP contribution in [-0.4, -0.2) is 39.0 Å². The maximum atomic E-state index is 13.0. The fraction of sp³-hybridized carbons (Fsp3) is 0.700. The zero-order valence-corrected chi connectivity index (χ0v) is 18.7. The maximum Gasteiger partial charge on any atom is 0.241 e. The predicted molar refractivity (Wildman–Crippen MR) is 112 cm³/mol. The lowest BCUT2D eigenvalue weighted by Gasteiger charge is -2.32. The highest BCUT2D eigenvalue weighted by molar-refractivity contribution is 7.89. The van der Waals surface area contributed by atoms with Gasteiger partial charge in [-0.2, -0.15) is 0 Å². The number of aryl methyl sites for hydroxylation is 2. The van der Waals surface area contributed by atoms with Gasteiger partial charge in [0.15, 0.2) is 0 Å². The molecule has 1 aromatic carbocycles. The Kier molecular flexibility index (Phi) is 8.15. The van der Waals surface area contributed by atoms with E-state index in [4.69, 9.17) is 0 Å². The number of nitrogens with zero attached hydrogens (tertiary/aromatic N) is 1. The Morgan fingerprint density at radius 2 is 1.62 bits per heavy atom. The molecule has 150 valence electrons. The van der Waals surface area contributed by atoms with Gasteiger partial charge in [0.05, 0.1) is 4.90 Å². The van der Waals surface area contributed by atoms with Crippen LogP contribution in [0.1, 0.15) is 63.6 Å². The van der Waals surface area contributed by atoms with Crippen LogP contribution in [-0.2, 0) is 15.4 Å². The van der Waals surface area contributed by atoms with Crippen LogP contribution in [0.4, 0.5) is 0 Å². The van der Waals surface area contributed by atoms with Gasteiger partial charge in [0.25, 0.3) is 0 Å². The Morgan fingerprint density at radius 3 is 2.04 bits per heavy atom. The van der Waals surface area contributed by atoms with Crippen LogP contribution >= 0.6 is 12.4 Å². The van der Waals surface area contributed by atoms with Crippen molar-refractivity contribution < 1.29 is 8.42 Å². The SMILES string of the molecule is CCCN1CCC(NS(=O)(=O)c2c(C)cc(C(C)(C)C)cc2C)CC1.Cl. The van der Waals surface area contributed by atoms with Crippen LogP contribution in [0.3, 0.4) is 0 Å². The third-order valence-electron chi connectivity index (χ3n) is 5.04. The molecular formula is C20H35ClN2O2S. The molecule has 26 heavy (non-hydrogen) atoms. The fourth-order valence-electron chi connectivity index (χ4n) is 3.68. The molecule has 1 aliphatic heterocycles. The Balaban J connectivity index is 0.00000338. The summed E-state index contributed by atoms with van der Waals surface area (Å²) in [4.78, 5) is 2.87. The van der Waals surface area contributed by atoms with E-state index in [-0.39, 0.29) is 23.9 Å². The lowest BCUT2D eigenvalue weighted by atomic mass is 9.85. The second kappa shape index (κ2) is 9.05. The largest absolute Gasteiger partial charge is 0.303 e. The quantitative estimate of drug-likeness (QED) is 0.803. The summed E-state index contributed by atoms with van der Waals surface area (Å²) in [6.45, 7) is 15.5. The topological polar surface area (TPSA) is 49.4 Å². The van der Waals surface area contributed by atoms with Crippen molar-refractivity contribution >= 4 is 22.4 Å². The molecule has 0 bridgehead atoms. The number of hydrogen-bond donors (Lipinski definition) is 1. The van der Waals surface area contributed by atoms with Crippen molar-refractivity contribution in [2.75, 3.05) is 19.6 Å². The van der Waals surface area contributed by atoms with Crippen molar-refractivity contribution in [2.45, 2.75) is 77.2 Å². The van der Waals surface area contributed by atoms with E-state index < -0.39 is 10.0 Å². The monoisotopic (exact) mass is 402 g/mol. The van der Waals surface area contributed by atoms with Gasteiger partial charge in [-0.1, -0.05) is 39.8 Å². The minimum absolute atomic E-state index is 0. The number of benzene rings is 1. The predicted octanol–water partition coefficient (Wildman–Crippen LogP) is 4.18. The Morgan fingerprint density at radius 1 is 1.12 bits per heavy atom. The van der Waals surface area contributed by atoms with Gasteiger partial charge < -0.3 is 4.90 Å². The third kappa shape index (κ3) is 5.69. The zero-order chi connectivity index (χ0) is 18.8. The molecule has 1 saturated heterocycles. The summed E-state index contributed by atoms with van der Waals surface area (Å²) in [5.41, 5.74) is 2.85. The molecule has 0 amide bonds. The summed E-state index contributed by atoms with van der Waals surface area (Å²) in [6.07, 6.45) is 2.92. The molecule has 4 nitrogen and oxygen atoms in total. The molecular weight excluding hydrogens is 368 g/mol. The van der Waals surface area contributed by atoms with Crippen LogP contribution in [0.25, 0.3) is 0 Å². The van der Waals surface area contributed by atoms with Crippen LogP contribution in [0.5, 0.6) is 0 Å². The van der Waals surface area contributed by atoms with Gasteiger partial charge in [-0.3, -0.25) is 0 Å². The summed E-state index contributed by atoms with van der Waals surface area (Å²) in [6, 6.07) is 4.08. The average molecular weight is 403 g/mol. The van der Waals surface area contributed by atoms with E-state index in [2.05, 4.69) is 37.3 Å². The maximum absolute atomic E-state index is 13.0. The van der Waals surface area contributed by atoms with Gasteiger partial charge in [-0.15, -0.1) is 12.4 Å². The number of likely N-dealkylation sites (tertiary alicyclic amines) is 1. The zero-order valence-electron chi connectivity index (χ0n) is 17.1. The molecule has 1 heterocycles. The molecule has 2 rings (SSSR count). The molecule has 0 spiro atoms. The van der Waals surface area contributed by atoms with E-state index in [9.17, 15) is 8.42 Å². The number of sulfonamides is 1. The number of rotatable bonds is 5. The number of hydrogen-bond acceptors (Lipinski definition) is 3. The van der Waals surface area contributed by atoms with Crippen LogP contribution in [0.15, 0.2) is 17.0 Å². The van der Waals surface area contributed by atoms with Gasteiger partial charge in [0.2, 0.25) is 10.0 Å². The highest BCUT2D eigenvalue weighted by Gasteiger charge is 2.27. The van der Waals surface area contributed by atoms with Gasteiger partial charge in [0.1, 0.15) is 0 Å². The second-order valence-electron chi connectivity index (χ2n) is 8.43. The Hall–Kier alpha value is -0.620. The van der Waals surface area contributed by atoms with Crippen molar-refractivity contribution in [2.24, 2.45) is 0 Å². The summed E-state index contributed by atoms with van der Waals surface area (Å²) < 4.78 is 28.9. The van der Waals surface area contributed by atoms with Crippen LogP contribution in [0.2, 0.25) is 0 Å². The smallest absolute Gasteiger partial charge is 0.241 e. The minimum atomic E-state index is -3.48. The van der Waals surface area contributed by atoms with E-state index in [1.807, 2.05) is 26.0 Å². The average Bonchev–Trinajstić information content (AvgIpc) is 2.47. The lowest BCUT2D eigenvalue weighted by Crippen LogP contribution is -2.45. The van der Waals surface area contributed by atoms with Crippen molar-refractivity contribution in [3.05, 3.63) is 28.8 Å². The standard InChI is InChI=1S/C20H34N2O2S.ClH/c1-7-10-22-11-8-18(9-12-22)21-25(23,24)19-15(2)13-17(14-16(19)3)20(4,5)6;/h13-14,18,21H,7-12H2,1-6H3;1H. The Labute approximate surface area is 166 Å². The van der Waals surface area contributed by atoms with Gasteiger partial charge in [-0.25, -0.2) is 13.1 Å². The summed E-state index contributed by atoms with van der Waals surface area (Å²) in [7, 11) is -3.48. The molecule has 1 aliphatic rings. The molecule has 0 atom stereocenters. The molecule has 0 unspecified atom stereocenters. The first kappa shape index (κ1) is 23.4. The van der Waals surface area contributed by atoms with Crippen LogP contribution < -0.4 is 4.72 Å². The van der Waals surface area contributed by atoms with Gasteiger partial charge in [0, 0.05) is 6.04 Å². The highest BCUT2D eigenvalue weighted by Crippen LogP contribution is 2.29. The second-order valence-corrected chi connectivity index (χ2v) is 10.1. The van der Waals surface area contributed by atoms with Gasteiger partial charge >= 0.3 is 0 Å². The third-order valence-corrected chi connectivity index (χ3v) is 6.87. The summed E-state index contributed by atoms with van der Waals surface area (Å²) >= 11 is 0. The van der Waals surface area contributed by atoms with E-state index in [1.54, 1.807) is 0 Å². The first-order valence-electron chi connectivity index (χ1n) is 9.41. The lowest BCUT2D eigenvalue weighted by molar-refractivity contribution is 0.208. The number of piperidine rings is 1. The first-order chi connectivity index (χ1) is 11.5. The van der Waals surface area contributed by atoms with Crippen molar-refractivity contribution in [3.8, 4) is 0 Å². The molecule has 0 aromatic heterocycles.